The second kappa shape index (κ2) is 10.9. The first-order valence-corrected chi connectivity index (χ1v) is 16.1. The minimum Gasteiger partial charge on any atom is -0.489 e. The number of amides is 1. The van der Waals surface area contributed by atoms with Crippen LogP contribution in [0.5, 0.6) is 5.75 Å². The fraction of sp³-hybridized carbons (Fsp3) is 0.586. The molecule has 1 aromatic carbocycles. The van der Waals surface area contributed by atoms with E-state index >= 15 is 0 Å². The predicted octanol–water partition coefficient (Wildman–Crippen LogP) is 3.54. The van der Waals surface area contributed by atoms with E-state index in [1.807, 2.05) is 0 Å². The molecule has 4 aliphatic rings. The summed E-state index contributed by atoms with van der Waals surface area (Å²) in [6, 6.07) is 5.50. The number of pyridine rings is 1. The maximum absolute atomic E-state index is 13.8. The number of hydrogen-bond donors (Lipinski definition) is 3. The van der Waals surface area contributed by atoms with Crippen LogP contribution in [0.3, 0.4) is 0 Å². The van der Waals surface area contributed by atoms with Gasteiger partial charge >= 0.3 is 0 Å². The zero-order valence-corrected chi connectivity index (χ0v) is 24.5. The van der Waals surface area contributed by atoms with Crippen LogP contribution in [-0.2, 0) is 16.4 Å². The first-order chi connectivity index (χ1) is 20.0. The Morgan fingerprint density at radius 2 is 1.76 bits per heavy atom. The van der Waals surface area contributed by atoms with Crippen LogP contribution >= 0.6 is 0 Å². The third-order valence-corrected chi connectivity index (χ3v) is 10.5. The molecular formula is C29H37F2N5O5S. The van der Waals surface area contributed by atoms with Crippen molar-refractivity contribution in [2.45, 2.75) is 68.7 Å². The molecule has 0 bridgehead atoms. The number of carbonyl (C=O) groups excluding carboxylic acids is 1. The van der Waals surface area contributed by atoms with Crippen molar-refractivity contribution < 1.29 is 31.8 Å². The molecule has 1 saturated carbocycles. The Hall–Kier alpha value is -3.03. The second-order valence-electron chi connectivity index (χ2n) is 12.1. The van der Waals surface area contributed by atoms with Gasteiger partial charge in [0.1, 0.15) is 5.82 Å². The zero-order chi connectivity index (χ0) is 29.7. The van der Waals surface area contributed by atoms with E-state index in [0.29, 0.717) is 54.4 Å². The minimum atomic E-state index is -3.93. The summed E-state index contributed by atoms with van der Waals surface area (Å²) >= 11 is 0. The van der Waals surface area contributed by atoms with Gasteiger partial charge in [-0.15, -0.1) is 0 Å². The van der Waals surface area contributed by atoms with Crippen LogP contribution in [0.15, 0.2) is 29.2 Å². The number of rotatable bonds is 8. The summed E-state index contributed by atoms with van der Waals surface area (Å²) in [5.41, 5.74) is 2.06. The quantitative estimate of drug-likeness (QED) is 0.418. The standard InChI is InChI=1S/C29H37F2N5O5S/c1-19(18-37)34-42(39,40)21-2-3-22(23(17-21)35-11-7-28(5-6-28)8-12-35)27(38)33-24-16-20-4-15-41-25(20)26(32-24)36-13-9-29(30,31)10-14-36/h2-3,16-17,19,34,37H,4-15,18H2,1H3,(H,32,33,38)/t19-/m0/s1. The molecule has 2 saturated heterocycles. The third-order valence-electron chi connectivity index (χ3n) is 8.96. The van der Waals surface area contributed by atoms with Crippen LogP contribution in [0.2, 0.25) is 0 Å². The van der Waals surface area contributed by atoms with Crippen molar-refractivity contribution in [2.24, 2.45) is 5.41 Å². The number of aliphatic hydroxyl groups is 1. The molecule has 13 heteroatoms. The van der Waals surface area contributed by atoms with E-state index in [0.717, 1.165) is 18.4 Å². The highest BCUT2D eigenvalue weighted by Crippen LogP contribution is 2.54. The first-order valence-electron chi connectivity index (χ1n) is 14.6. The lowest BCUT2D eigenvalue weighted by Crippen LogP contribution is -2.40. The van der Waals surface area contributed by atoms with E-state index in [9.17, 15) is 27.1 Å². The number of fused-ring (bicyclic) bond motifs is 1. The average molecular weight is 606 g/mol. The first kappa shape index (κ1) is 29.1. The van der Waals surface area contributed by atoms with Crippen LogP contribution in [0, 0.1) is 5.41 Å². The number of benzene rings is 1. The summed E-state index contributed by atoms with van der Waals surface area (Å²) in [5.74, 6) is -1.84. The molecule has 1 spiro atoms. The van der Waals surface area contributed by atoms with Gasteiger partial charge in [-0.1, -0.05) is 0 Å². The topological polar surface area (TPSA) is 124 Å². The van der Waals surface area contributed by atoms with Gasteiger partial charge in [-0.2, -0.15) is 0 Å². The molecular weight excluding hydrogens is 568 g/mol. The Labute approximate surface area is 244 Å². The number of piperidine rings is 2. The lowest BCUT2D eigenvalue weighted by Gasteiger charge is -2.35. The van der Waals surface area contributed by atoms with E-state index < -0.39 is 27.9 Å². The van der Waals surface area contributed by atoms with Crippen molar-refractivity contribution in [2.75, 3.05) is 54.5 Å². The molecule has 1 atom stereocenters. The number of halogens is 2. The number of ether oxygens (including phenoxy) is 1. The van der Waals surface area contributed by atoms with Gasteiger partial charge in [-0.05, 0) is 62.3 Å². The molecule has 2 aromatic rings. The van der Waals surface area contributed by atoms with Crippen molar-refractivity contribution in [1.29, 1.82) is 0 Å². The molecule has 4 heterocycles. The van der Waals surface area contributed by atoms with Gasteiger partial charge in [0.2, 0.25) is 10.0 Å². The average Bonchev–Trinajstić information content (AvgIpc) is 3.54. The highest BCUT2D eigenvalue weighted by Gasteiger charge is 2.45. The maximum atomic E-state index is 13.8. The van der Waals surface area contributed by atoms with Gasteiger partial charge in [-0.25, -0.2) is 26.9 Å². The number of nitrogens with one attached hydrogen (secondary N) is 2. The predicted molar refractivity (Wildman–Crippen MR) is 154 cm³/mol. The smallest absolute Gasteiger partial charge is 0.258 e. The lowest BCUT2D eigenvalue weighted by molar-refractivity contribution is -0.0222. The molecule has 228 valence electrons. The second-order valence-corrected chi connectivity index (χ2v) is 13.8. The van der Waals surface area contributed by atoms with Gasteiger partial charge in [0.25, 0.3) is 11.8 Å². The normalized spacial score (nSPS) is 21.5. The molecule has 6 rings (SSSR count). The van der Waals surface area contributed by atoms with E-state index in [-0.39, 0.29) is 43.3 Å². The van der Waals surface area contributed by atoms with Crippen LogP contribution in [0.25, 0.3) is 0 Å². The third kappa shape index (κ3) is 5.91. The van der Waals surface area contributed by atoms with Crippen LogP contribution < -0.4 is 24.6 Å². The number of nitrogens with zero attached hydrogens (tertiary/aromatic N) is 3. The van der Waals surface area contributed by atoms with Crippen molar-refractivity contribution in [3.05, 3.63) is 35.4 Å². The monoisotopic (exact) mass is 605 g/mol. The Morgan fingerprint density at radius 1 is 1.07 bits per heavy atom. The summed E-state index contributed by atoms with van der Waals surface area (Å²) < 4.78 is 62.0. The number of anilines is 3. The van der Waals surface area contributed by atoms with Gasteiger partial charge in [0.05, 0.1) is 29.4 Å². The number of alkyl halides is 2. The number of aliphatic hydroxyl groups excluding tert-OH is 1. The van der Waals surface area contributed by atoms with Gasteiger partial charge in [-0.3, -0.25) is 4.79 Å². The van der Waals surface area contributed by atoms with Gasteiger partial charge < -0.3 is 25.0 Å². The lowest BCUT2D eigenvalue weighted by atomic mass is 9.93. The molecule has 1 aliphatic carbocycles. The molecule has 10 nitrogen and oxygen atoms in total. The summed E-state index contributed by atoms with van der Waals surface area (Å²) in [4.78, 5) is 22.2. The largest absolute Gasteiger partial charge is 0.489 e. The van der Waals surface area contributed by atoms with Crippen molar-refractivity contribution in [3.63, 3.8) is 0 Å². The van der Waals surface area contributed by atoms with Crippen molar-refractivity contribution >= 4 is 33.3 Å². The zero-order valence-electron chi connectivity index (χ0n) is 23.7. The Kier molecular flexibility index (Phi) is 7.55. The highest BCUT2D eigenvalue weighted by atomic mass is 32.2. The van der Waals surface area contributed by atoms with Gasteiger partial charge in [0.15, 0.2) is 11.6 Å². The Bertz CT molecular complexity index is 1460. The number of sulfonamides is 1. The summed E-state index contributed by atoms with van der Waals surface area (Å²) in [6.45, 7) is 3.36. The van der Waals surface area contributed by atoms with Crippen LogP contribution in [-0.4, -0.2) is 75.8 Å². The van der Waals surface area contributed by atoms with Crippen LogP contribution in [0.1, 0.15) is 61.4 Å². The fourth-order valence-electron chi connectivity index (χ4n) is 6.09. The number of carbonyl (C=O) groups is 1. The molecule has 42 heavy (non-hydrogen) atoms. The molecule has 0 unspecified atom stereocenters. The number of aromatic nitrogens is 1. The minimum absolute atomic E-state index is 0.0121. The van der Waals surface area contributed by atoms with E-state index in [1.165, 1.54) is 31.0 Å². The summed E-state index contributed by atoms with van der Waals surface area (Å²) in [5, 5.41) is 12.2. The Balaban J connectivity index is 1.30. The molecule has 3 fully saturated rings. The van der Waals surface area contributed by atoms with E-state index in [2.05, 4.69) is 19.9 Å². The molecule has 0 radical (unpaired) electrons. The van der Waals surface area contributed by atoms with Crippen molar-refractivity contribution in [3.8, 4) is 5.75 Å². The molecule has 1 amide bonds. The SMILES string of the molecule is C[C@@H](CO)NS(=O)(=O)c1ccc(C(=O)Nc2cc3c(c(N4CCC(F)(F)CC4)n2)OCC3)c(N2CCC3(CC2)CC3)c1. The maximum Gasteiger partial charge on any atom is 0.258 e. The highest BCUT2D eigenvalue weighted by molar-refractivity contribution is 7.89. The molecule has 1 aromatic heterocycles. The Morgan fingerprint density at radius 3 is 2.43 bits per heavy atom. The van der Waals surface area contributed by atoms with Gasteiger partial charge in [0, 0.05) is 57.0 Å². The summed E-state index contributed by atoms with van der Waals surface area (Å²) in [6.07, 6.45) is 4.44. The van der Waals surface area contributed by atoms with Crippen LogP contribution in [0.4, 0.5) is 26.1 Å². The number of hydrogen-bond acceptors (Lipinski definition) is 8. The van der Waals surface area contributed by atoms with Crippen molar-refractivity contribution in [1.82, 2.24) is 9.71 Å². The fourth-order valence-corrected chi connectivity index (χ4v) is 7.34. The molecule has 3 N–H and O–H groups in total. The van der Waals surface area contributed by atoms with E-state index in [4.69, 9.17) is 4.74 Å². The molecule has 3 aliphatic heterocycles. The summed E-state index contributed by atoms with van der Waals surface area (Å²) in [7, 11) is -3.93. The van der Waals surface area contributed by atoms with E-state index in [1.54, 1.807) is 17.9 Å².